The van der Waals surface area contributed by atoms with Crippen LogP contribution in [0, 0.1) is 11.6 Å². The maximum absolute atomic E-state index is 13.5. The Morgan fingerprint density at radius 1 is 1.00 bits per heavy atom. The van der Waals surface area contributed by atoms with Crippen molar-refractivity contribution in [1.29, 1.82) is 0 Å². The molecular weight excluding hydrogens is 328 g/mol. The fraction of sp³-hybridized carbons (Fsp3) is 0.222. The molecule has 2 aromatic carbocycles. The first-order valence-corrected chi connectivity index (χ1v) is 7.64. The van der Waals surface area contributed by atoms with Gasteiger partial charge in [0.25, 0.3) is 0 Å². The van der Waals surface area contributed by atoms with E-state index >= 15 is 0 Å². The first kappa shape index (κ1) is 18.5. The molecule has 2 amide bonds. The molecule has 0 saturated heterocycles. The van der Waals surface area contributed by atoms with E-state index in [1.807, 2.05) is 4.90 Å². The third kappa shape index (κ3) is 5.09. The highest BCUT2D eigenvalue weighted by molar-refractivity contribution is 6.39. The Kier molecular flexibility index (Phi) is 6.19. The molecule has 25 heavy (non-hydrogen) atoms. The van der Waals surface area contributed by atoms with Crippen LogP contribution >= 0.6 is 0 Å². The fourth-order valence-electron chi connectivity index (χ4n) is 2.29. The van der Waals surface area contributed by atoms with Gasteiger partial charge < -0.3 is 15.5 Å². The van der Waals surface area contributed by atoms with E-state index in [0.29, 0.717) is 0 Å². The molecule has 0 heterocycles. The first-order valence-electron chi connectivity index (χ1n) is 7.64. The number of benzene rings is 2. The number of hydrogen-bond donors (Lipinski definition) is 2. The molecule has 0 saturated carbocycles. The van der Waals surface area contributed by atoms with Gasteiger partial charge in [0.1, 0.15) is 11.6 Å². The molecule has 0 aliphatic heterocycles. The van der Waals surface area contributed by atoms with Crippen molar-refractivity contribution >= 4 is 17.5 Å². The summed E-state index contributed by atoms with van der Waals surface area (Å²) in [5.41, 5.74) is 0.728. The standard InChI is InChI=1S/C18H19F2N3O2/c1-23(2)16(12-7-9-13(19)10-8-12)11-21-17(24)18(25)22-15-6-4-3-5-14(15)20/h3-10,16H,11H2,1-2H3,(H,21,24)(H,22,25)/t16-/m1/s1. The molecule has 0 fully saturated rings. The summed E-state index contributed by atoms with van der Waals surface area (Å²) in [6.07, 6.45) is 0. The van der Waals surface area contributed by atoms with Gasteiger partial charge in [-0.25, -0.2) is 8.78 Å². The number of nitrogens with one attached hydrogen (secondary N) is 2. The zero-order valence-corrected chi connectivity index (χ0v) is 13.9. The summed E-state index contributed by atoms with van der Waals surface area (Å²) in [7, 11) is 3.61. The molecule has 132 valence electrons. The summed E-state index contributed by atoms with van der Waals surface area (Å²) in [5.74, 6) is -2.81. The van der Waals surface area contributed by atoms with Crippen LogP contribution in [0.15, 0.2) is 48.5 Å². The quantitative estimate of drug-likeness (QED) is 0.816. The minimum atomic E-state index is -0.957. The average Bonchev–Trinajstić information content (AvgIpc) is 2.58. The van der Waals surface area contributed by atoms with Crippen molar-refractivity contribution in [3.8, 4) is 0 Å². The van der Waals surface area contributed by atoms with Gasteiger partial charge in [-0.1, -0.05) is 24.3 Å². The summed E-state index contributed by atoms with van der Waals surface area (Å²) in [6, 6.07) is 11.2. The van der Waals surface area contributed by atoms with Crippen molar-refractivity contribution in [3.63, 3.8) is 0 Å². The molecule has 0 aliphatic carbocycles. The molecule has 1 atom stereocenters. The van der Waals surface area contributed by atoms with Gasteiger partial charge in [0.2, 0.25) is 0 Å². The summed E-state index contributed by atoms with van der Waals surface area (Å²) < 4.78 is 26.5. The van der Waals surface area contributed by atoms with E-state index in [4.69, 9.17) is 0 Å². The lowest BCUT2D eigenvalue weighted by molar-refractivity contribution is -0.136. The number of hydrogen-bond acceptors (Lipinski definition) is 3. The van der Waals surface area contributed by atoms with Crippen LogP contribution in [0.5, 0.6) is 0 Å². The average molecular weight is 347 g/mol. The van der Waals surface area contributed by atoms with Gasteiger partial charge in [-0.2, -0.15) is 0 Å². The van der Waals surface area contributed by atoms with Crippen molar-refractivity contribution in [3.05, 3.63) is 65.7 Å². The van der Waals surface area contributed by atoms with Crippen LogP contribution in [0.1, 0.15) is 11.6 Å². The Balaban J connectivity index is 1.97. The van der Waals surface area contributed by atoms with E-state index in [-0.39, 0.29) is 24.1 Å². The monoisotopic (exact) mass is 347 g/mol. The highest BCUT2D eigenvalue weighted by atomic mass is 19.1. The van der Waals surface area contributed by atoms with Gasteiger partial charge in [-0.15, -0.1) is 0 Å². The predicted octanol–water partition coefficient (Wildman–Crippen LogP) is 2.32. The largest absolute Gasteiger partial charge is 0.346 e. The number of rotatable bonds is 5. The number of anilines is 1. The van der Waals surface area contributed by atoms with Crippen molar-refractivity contribution in [2.75, 3.05) is 26.0 Å². The number of nitrogens with zero attached hydrogens (tertiary/aromatic N) is 1. The lowest BCUT2D eigenvalue weighted by atomic mass is 10.1. The van der Waals surface area contributed by atoms with Crippen LogP contribution in [0.25, 0.3) is 0 Å². The Morgan fingerprint density at radius 3 is 2.24 bits per heavy atom. The maximum Gasteiger partial charge on any atom is 0.313 e. The second-order valence-corrected chi connectivity index (χ2v) is 5.67. The lowest BCUT2D eigenvalue weighted by Crippen LogP contribution is -2.40. The van der Waals surface area contributed by atoms with Crippen LogP contribution in [-0.4, -0.2) is 37.4 Å². The molecule has 0 unspecified atom stereocenters. The van der Waals surface area contributed by atoms with Gasteiger partial charge >= 0.3 is 11.8 Å². The van der Waals surface area contributed by atoms with Crippen LogP contribution < -0.4 is 10.6 Å². The fourth-order valence-corrected chi connectivity index (χ4v) is 2.29. The minimum Gasteiger partial charge on any atom is -0.346 e. The van der Waals surface area contributed by atoms with E-state index in [1.165, 1.54) is 30.3 Å². The molecule has 0 aromatic heterocycles. The third-order valence-corrected chi connectivity index (χ3v) is 3.66. The predicted molar refractivity (Wildman–Crippen MR) is 90.9 cm³/mol. The van der Waals surface area contributed by atoms with Crippen LogP contribution in [0.4, 0.5) is 14.5 Å². The van der Waals surface area contributed by atoms with Gasteiger partial charge in [-0.05, 0) is 43.9 Å². The van der Waals surface area contributed by atoms with Crippen molar-refractivity contribution in [1.82, 2.24) is 10.2 Å². The summed E-state index contributed by atoms with van der Waals surface area (Å²) >= 11 is 0. The number of amides is 2. The minimum absolute atomic E-state index is 0.0645. The molecule has 2 N–H and O–H groups in total. The number of likely N-dealkylation sites (N-methyl/N-ethyl adjacent to an activating group) is 1. The van der Waals surface area contributed by atoms with Crippen molar-refractivity contribution in [2.24, 2.45) is 0 Å². The third-order valence-electron chi connectivity index (χ3n) is 3.66. The number of para-hydroxylation sites is 1. The topological polar surface area (TPSA) is 61.4 Å². The Labute approximate surface area is 144 Å². The maximum atomic E-state index is 13.5. The summed E-state index contributed by atoms with van der Waals surface area (Å²) in [5, 5.41) is 4.73. The van der Waals surface area contributed by atoms with E-state index in [9.17, 15) is 18.4 Å². The summed E-state index contributed by atoms with van der Waals surface area (Å²) in [4.78, 5) is 25.7. The summed E-state index contributed by atoms with van der Waals surface area (Å²) in [6.45, 7) is 0.141. The molecule has 5 nitrogen and oxygen atoms in total. The first-order chi connectivity index (χ1) is 11.9. The molecule has 2 aromatic rings. The Morgan fingerprint density at radius 2 is 1.64 bits per heavy atom. The lowest BCUT2D eigenvalue weighted by Gasteiger charge is -2.25. The second kappa shape index (κ2) is 8.34. The smallest absolute Gasteiger partial charge is 0.313 e. The van der Waals surface area contributed by atoms with E-state index in [2.05, 4.69) is 10.6 Å². The zero-order chi connectivity index (χ0) is 18.4. The van der Waals surface area contributed by atoms with Crippen LogP contribution in [0.2, 0.25) is 0 Å². The van der Waals surface area contributed by atoms with E-state index < -0.39 is 17.6 Å². The zero-order valence-electron chi connectivity index (χ0n) is 13.9. The second-order valence-electron chi connectivity index (χ2n) is 5.67. The number of carbonyl (C=O) groups is 2. The van der Waals surface area contributed by atoms with Gasteiger partial charge in [-0.3, -0.25) is 9.59 Å². The van der Waals surface area contributed by atoms with Crippen LogP contribution in [-0.2, 0) is 9.59 Å². The van der Waals surface area contributed by atoms with Crippen LogP contribution in [0.3, 0.4) is 0 Å². The number of carbonyl (C=O) groups excluding carboxylic acids is 2. The van der Waals surface area contributed by atoms with Crippen molar-refractivity contribution in [2.45, 2.75) is 6.04 Å². The SMILES string of the molecule is CN(C)[C@H](CNC(=O)C(=O)Nc1ccccc1F)c1ccc(F)cc1. The molecule has 7 heteroatoms. The van der Waals surface area contributed by atoms with E-state index in [0.717, 1.165) is 5.56 Å². The molecule has 2 rings (SSSR count). The van der Waals surface area contributed by atoms with Gasteiger partial charge in [0.15, 0.2) is 0 Å². The van der Waals surface area contributed by atoms with Gasteiger partial charge in [0.05, 0.1) is 11.7 Å². The highest BCUT2D eigenvalue weighted by Gasteiger charge is 2.19. The van der Waals surface area contributed by atoms with E-state index in [1.54, 1.807) is 32.3 Å². The molecule has 0 radical (unpaired) electrons. The normalized spacial score (nSPS) is 11.9. The molecular formula is C18H19F2N3O2. The Hall–Kier alpha value is -2.80. The Bertz CT molecular complexity index is 748. The molecule has 0 bridgehead atoms. The highest BCUT2D eigenvalue weighted by Crippen LogP contribution is 2.18. The molecule has 0 aliphatic rings. The van der Waals surface area contributed by atoms with Gasteiger partial charge in [0, 0.05) is 6.54 Å². The number of halogens is 2. The molecule has 0 spiro atoms. The van der Waals surface area contributed by atoms with Crippen molar-refractivity contribution < 1.29 is 18.4 Å².